The molecule has 0 aromatic carbocycles. The van der Waals surface area contributed by atoms with Gasteiger partial charge in [-0.3, -0.25) is 4.79 Å². The van der Waals surface area contributed by atoms with Gasteiger partial charge in [0, 0.05) is 30.9 Å². The van der Waals surface area contributed by atoms with Gasteiger partial charge in [0.05, 0.1) is 0 Å². The molecule has 1 aromatic rings. The van der Waals surface area contributed by atoms with Crippen molar-refractivity contribution in [2.45, 2.75) is 39.2 Å². The molecule has 1 rings (SSSR count). The third kappa shape index (κ3) is 3.74. The molecule has 1 heterocycles. The molecule has 0 unspecified atom stereocenters. The van der Waals surface area contributed by atoms with Crippen molar-refractivity contribution in [2.75, 3.05) is 0 Å². The Bertz CT molecular complexity index is 325. The Morgan fingerprint density at radius 1 is 1.60 bits per heavy atom. The molecule has 0 atom stereocenters. The van der Waals surface area contributed by atoms with Crippen molar-refractivity contribution in [1.29, 1.82) is 0 Å². The molecule has 0 N–H and O–H groups in total. The van der Waals surface area contributed by atoms with Gasteiger partial charge in [0.25, 0.3) is 0 Å². The highest BCUT2D eigenvalue weighted by Crippen LogP contribution is 2.07. The molecular formula is C13H19NO. The minimum absolute atomic E-state index is 0.250. The second-order valence-corrected chi connectivity index (χ2v) is 3.74. The average molecular weight is 205 g/mol. The number of hydrogen-bond donors (Lipinski definition) is 0. The van der Waals surface area contributed by atoms with Gasteiger partial charge in [-0.25, -0.2) is 0 Å². The summed E-state index contributed by atoms with van der Waals surface area (Å²) in [6, 6.07) is 1.91. The van der Waals surface area contributed by atoms with Gasteiger partial charge >= 0.3 is 0 Å². The van der Waals surface area contributed by atoms with Gasteiger partial charge in [-0.1, -0.05) is 13.0 Å². The van der Waals surface area contributed by atoms with Crippen LogP contribution in [0.15, 0.2) is 31.1 Å². The minimum Gasteiger partial charge on any atom is -0.353 e. The number of rotatable bonds is 7. The number of ketones is 1. The van der Waals surface area contributed by atoms with Crippen molar-refractivity contribution in [3.63, 3.8) is 0 Å². The van der Waals surface area contributed by atoms with Crippen LogP contribution >= 0.6 is 0 Å². The predicted molar refractivity (Wildman–Crippen MR) is 63.1 cm³/mol. The Labute approximate surface area is 91.6 Å². The lowest BCUT2D eigenvalue weighted by molar-refractivity contribution is 0.0981. The number of aryl methyl sites for hydroxylation is 1. The summed E-state index contributed by atoms with van der Waals surface area (Å²) < 4.78 is 2.08. The molecule has 0 aliphatic carbocycles. The molecule has 82 valence electrons. The number of carbonyl (C=O) groups is 1. The Kier molecular flexibility index (Phi) is 4.88. The van der Waals surface area contributed by atoms with Gasteiger partial charge in [-0.2, -0.15) is 0 Å². The normalized spacial score (nSPS) is 10.2. The van der Waals surface area contributed by atoms with E-state index in [1.54, 1.807) is 0 Å². The lowest BCUT2D eigenvalue weighted by Gasteiger charge is -1.99. The molecule has 0 fully saturated rings. The van der Waals surface area contributed by atoms with Crippen LogP contribution in [0.5, 0.6) is 0 Å². The summed E-state index contributed by atoms with van der Waals surface area (Å²) in [4.78, 5) is 11.6. The Hall–Kier alpha value is -1.31. The maximum atomic E-state index is 11.6. The highest BCUT2D eigenvalue weighted by atomic mass is 16.1. The van der Waals surface area contributed by atoms with E-state index in [-0.39, 0.29) is 5.78 Å². The smallest absolute Gasteiger partial charge is 0.164 e. The van der Waals surface area contributed by atoms with Crippen LogP contribution in [0.25, 0.3) is 0 Å². The lowest BCUT2D eigenvalue weighted by atomic mass is 10.1. The lowest BCUT2D eigenvalue weighted by Crippen LogP contribution is -1.97. The Balaban J connectivity index is 2.48. The van der Waals surface area contributed by atoms with Crippen molar-refractivity contribution in [2.24, 2.45) is 0 Å². The molecule has 1 aromatic heterocycles. The van der Waals surface area contributed by atoms with Gasteiger partial charge in [0.2, 0.25) is 0 Å². The van der Waals surface area contributed by atoms with E-state index in [0.717, 1.165) is 31.4 Å². The van der Waals surface area contributed by atoms with Crippen molar-refractivity contribution < 1.29 is 4.79 Å². The van der Waals surface area contributed by atoms with E-state index in [9.17, 15) is 4.79 Å². The van der Waals surface area contributed by atoms with Crippen LogP contribution < -0.4 is 0 Å². The topological polar surface area (TPSA) is 22.0 Å². The average Bonchev–Trinajstić information content (AvgIpc) is 2.67. The van der Waals surface area contributed by atoms with E-state index in [2.05, 4.69) is 11.1 Å². The third-order valence-electron chi connectivity index (χ3n) is 2.37. The highest BCUT2D eigenvalue weighted by molar-refractivity contribution is 5.95. The monoisotopic (exact) mass is 205 g/mol. The van der Waals surface area contributed by atoms with E-state index in [0.29, 0.717) is 6.42 Å². The zero-order valence-electron chi connectivity index (χ0n) is 9.41. The molecule has 2 heteroatoms. The second-order valence-electron chi connectivity index (χ2n) is 3.74. The largest absolute Gasteiger partial charge is 0.353 e. The van der Waals surface area contributed by atoms with Crippen LogP contribution in [0.2, 0.25) is 0 Å². The maximum absolute atomic E-state index is 11.6. The van der Waals surface area contributed by atoms with Gasteiger partial charge < -0.3 is 4.57 Å². The highest BCUT2D eigenvalue weighted by Gasteiger charge is 2.05. The van der Waals surface area contributed by atoms with Crippen molar-refractivity contribution in [3.05, 3.63) is 36.7 Å². The first-order valence-corrected chi connectivity index (χ1v) is 5.57. The summed E-state index contributed by atoms with van der Waals surface area (Å²) in [6.07, 6.45) is 9.52. The number of Topliss-reactive ketones (excluding diaryl/α,β-unsaturated/α-hetero) is 1. The van der Waals surface area contributed by atoms with Crippen LogP contribution in [0, 0.1) is 0 Å². The zero-order valence-corrected chi connectivity index (χ0v) is 9.41. The first-order chi connectivity index (χ1) is 7.27. The quantitative estimate of drug-likeness (QED) is 0.379. The van der Waals surface area contributed by atoms with Crippen LogP contribution in [0.3, 0.4) is 0 Å². The SMILES string of the molecule is C=CCCCn1ccc(C(=O)CCC)c1. The summed E-state index contributed by atoms with van der Waals surface area (Å²) in [5.41, 5.74) is 0.843. The molecule has 0 bridgehead atoms. The van der Waals surface area contributed by atoms with Gasteiger partial charge in [0.1, 0.15) is 0 Å². The fourth-order valence-corrected chi connectivity index (χ4v) is 1.53. The van der Waals surface area contributed by atoms with Gasteiger partial charge in [-0.05, 0) is 25.3 Å². The fourth-order valence-electron chi connectivity index (χ4n) is 1.53. The zero-order chi connectivity index (χ0) is 11.1. The molecule has 15 heavy (non-hydrogen) atoms. The number of nitrogens with zero attached hydrogens (tertiary/aromatic N) is 1. The summed E-state index contributed by atoms with van der Waals surface area (Å²) in [7, 11) is 0. The number of hydrogen-bond acceptors (Lipinski definition) is 1. The molecule has 0 saturated carbocycles. The van der Waals surface area contributed by atoms with Crippen LogP contribution in [-0.2, 0) is 6.54 Å². The van der Waals surface area contributed by atoms with E-state index in [1.807, 2.05) is 31.5 Å². The predicted octanol–water partition coefficient (Wildman–Crippen LogP) is 3.44. The molecule has 0 amide bonds. The summed E-state index contributed by atoms with van der Waals surface area (Å²) in [5.74, 6) is 0.250. The molecule has 0 spiro atoms. The molecular weight excluding hydrogens is 186 g/mol. The van der Waals surface area contributed by atoms with E-state index in [4.69, 9.17) is 0 Å². The molecule has 0 aliphatic rings. The molecule has 2 nitrogen and oxygen atoms in total. The maximum Gasteiger partial charge on any atom is 0.164 e. The second kappa shape index (κ2) is 6.23. The van der Waals surface area contributed by atoms with E-state index >= 15 is 0 Å². The number of allylic oxidation sites excluding steroid dienone is 1. The summed E-state index contributed by atoms with van der Waals surface area (Å²) >= 11 is 0. The van der Waals surface area contributed by atoms with Crippen LogP contribution in [0.1, 0.15) is 43.0 Å². The van der Waals surface area contributed by atoms with Crippen molar-refractivity contribution in [3.8, 4) is 0 Å². The van der Waals surface area contributed by atoms with E-state index < -0.39 is 0 Å². The first kappa shape index (κ1) is 11.8. The number of unbranched alkanes of at least 4 members (excludes halogenated alkanes) is 1. The van der Waals surface area contributed by atoms with Crippen LogP contribution in [0.4, 0.5) is 0 Å². The van der Waals surface area contributed by atoms with Gasteiger partial charge in [-0.15, -0.1) is 6.58 Å². The number of carbonyl (C=O) groups excluding carboxylic acids is 1. The van der Waals surface area contributed by atoms with Crippen molar-refractivity contribution >= 4 is 5.78 Å². The summed E-state index contributed by atoms with van der Waals surface area (Å²) in [5, 5.41) is 0. The Morgan fingerprint density at radius 3 is 3.07 bits per heavy atom. The molecule has 0 radical (unpaired) electrons. The van der Waals surface area contributed by atoms with Crippen LogP contribution in [-0.4, -0.2) is 10.4 Å². The first-order valence-electron chi connectivity index (χ1n) is 5.57. The minimum atomic E-state index is 0.250. The number of aromatic nitrogens is 1. The fraction of sp³-hybridized carbons (Fsp3) is 0.462. The molecule has 0 saturated heterocycles. The van der Waals surface area contributed by atoms with Crippen molar-refractivity contribution in [1.82, 2.24) is 4.57 Å². The van der Waals surface area contributed by atoms with E-state index in [1.165, 1.54) is 0 Å². The summed E-state index contributed by atoms with van der Waals surface area (Å²) in [6.45, 7) is 6.68. The van der Waals surface area contributed by atoms with Gasteiger partial charge in [0.15, 0.2) is 5.78 Å². The molecule has 0 aliphatic heterocycles. The Morgan fingerprint density at radius 2 is 2.40 bits per heavy atom. The standard InChI is InChI=1S/C13H19NO/c1-3-5-6-9-14-10-8-12(11-14)13(15)7-4-2/h3,8,10-11H,1,4-7,9H2,2H3. The third-order valence-corrected chi connectivity index (χ3v) is 2.37.